The van der Waals surface area contributed by atoms with Gasteiger partial charge in [0.1, 0.15) is 18.2 Å². The van der Waals surface area contributed by atoms with Crippen molar-refractivity contribution in [2.75, 3.05) is 26.2 Å². The van der Waals surface area contributed by atoms with E-state index >= 15 is 0 Å². The van der Waals surface area contributed by atoms with Crippen molar-refractivity contribution in [1.29, 1.82) is 0 Å². The van der Waals surface area contributed by atoms with E-state index in [1.54, 1.807) is 6.92 Å². The predicted molar refractivity (Wildman–Crippen MR) is 82.2 cm³/mol. The first kappa shape index (κ1) is 17.3. The van der Waals surface area contributed by atoms with E-state index in [-0.39, 0.29) is 30.8 Å². The van der Waals surface area contributed by atoms with Gasteiger partial charge in [0.25, 0.3) is 0 Å². The summed E-state index contributed by atoms with van der Waals surface area (Å²) in [4.78, 5) is 24.6. The maximum atomic E-state index is 13.0. The van der Waals surface area contributed by atoms with Gasteiger partial charge in [-0.15, -0.1) is 0 Å². The number of benzene rings is 1. The van der Waals surface area contributed by atoms with Crippen molar-refractivity contribution in [1.82, 2.24) is 10.2 Å². The van der Waals surface area contributed by atoms with Crippen LogP contribution in [0.25, 0.3) is 0 Å². The van der Waals surface area contributed by atoms with Crippen molar-refractivity contribution in [3.05, 3.63) is 29.0 Å². The van der Waals surface area contributed by atoms with Gasteiger partial charge in [0, 0.05) is 19.2 Å². The molecule has 1 atom stereocenters. The number of hydrogen-bond donors (Lipinski definition) is 2. The highest BCUT2D eigenvalue weighted by Gasteiger charge is 2.42. The molecule has 1 saturated heterocycles. The van der Waals surface area contributed by atoms with Gasteiger partial charge in [0.05, 0.1) is 17.0 Å². The first-order chi connectivity index (χ1) is 10.8. The summed E-state index contributed by atoms with van der Waals surface area (Å²) in [5.41, 5.74) is -0.890. The van der Waals surface area contributed by atoms with Crippen LogP contribution in [0.2, 0.25) is 5.02 Å². The fourth-order valence-electron chi connectivity index (χ4n) is 2.31. The summed E-state index contributed by atoms with van der Waals surface area (Å²) < 4.78 is 18.3. The van der Waals surface area contributed by atoms with E-state index in [9.17, 15) is 14.0 Å². The van der Waals surface area contributed by atoms with Crippen molar-refractivity contribution in [2.24, 2.45) is 5.41 Å². The molecule has 126 valence electrons. The number of amides is 2. The van der Waals surface area contributed by atoms with Crippen molar-refractivity contribution in [3.63, 3.8) is 0 Å². The Morgan fingerprint density at radius 2 is 2.26 bits per heavy atom. The quantitative estimate of drug-likeness (QED) is 0.804. The third kappa shape index (κ3) is 4.25. The lowest BCUT2D eigenvalue weighted by Gasteiger charge is -2.20. The van der Waals surface area contributed by atoms with Crippen LogP contribution in [0.5, 0.6) is 5.75 Å². The molecule has 0 saturated carbocycles. The molecule has 2 rings (SSSR count). The minimum Gasteiger partial charge on any atom is -0.492 e. The van der Waals surface area contributed by atoms with Crippen LogP contribution in [0.3, 0.4) is 0 Å². The van der Waals surface area contributed by atoms with Crippen LogP contribution in [0.15, 0.2) is 18.2 Å². The maximum absolute atomic E-state index is 13.0. The molecule has 1 aromatic carbocycles. The standard InChI is InChI=1S/C15H18ClFN2O4/c1-15(13(20)21)4-6-19(9-15)14(22)18-5-7-23-10-2-3-12(17)11(16)8-10/h2-3,8H,4-7,9H2,1H3,(H,18,22)(H,20,21). The summed E-state index contributed by atoms with van der Waals surface area (Å²) in [6.07, 6.45) is 0.431. The summed E-state index contributed by atoms with van der Waals surface area (Å²) in [7, 11) is 0. The average Bonchev–Trinajstić information content (AvgIpc) is 2.91. The molecule has 0 aliphatic carbocycles. The van der Waals surface area contributed by atoms with Crippen LogP contribution in [-0.2, 0) is 4.79 Å². The third-order valence-electron chi connectivity index (χ3n) is 3.81. The van der Waals surface area contributed by atoms with Gasteiger partial charge in [-0.05, 0) is 25.5 Å². The van der Waals surface area contributed by atoms with Crippen LogP contribution in [0, 0.1) is 11.2 Å². The van der Waals surface area contributed by atoms with E-state index < -0.39 is 17.2 Å². The van der Waals surface area contributed by atoms with Gasteiger partial charge in [0.15, 0.2) is 0 Å². The molecular weight excluding hydrogens is 327 g/mol. The Balaban J connectivity index is 1.73. The smallest absolute Gasteiger partial charge is 0.317 e. The molecule has 1 aromatic rings. The molecular formula is C15H18ClFN2O4. The summed E-state index contributed by atoms with van der Waals surface area (Å²) in [5.74, 6) is -1.02. The molecule has 23 heavy (non-hydrogen) atoms. The molecule has 0 radical (unpaired) electrons. The molecule has 0 spiro atoms. The number of rotatable bonds is 5. The number of urea groups is 1. The largest absolute Gasteiger partial charge is 0.492 e. The van der Waals surface area contributed by atoms with Crippen molar-refractivity contribution < 1.29 is 23.8 Å². The number of hydrogen-bond acceptors (Lipinski definition) is 3. The van der Waals surface area contributed by atoms with Gasteiger partial charge in [-0.1, -0.05) is 11.6 Å². The van der Waals surface area contributed by atoms with Crippen molar-refractivity contribution >= 4 is 23.6 Å². The lowest BCUT2D eigenvalue weighted by molar-refractivity contribution is -0.147. The zero-order valence-electron chi connectivity index (χ0n) is 12.6. The molecule has 6 nitrogen and oxygen atoms in total. The van der Waals surface area contributed by atoms with E-state index in [0.717, 1.165) is 0 Å². The number of carbonyl (C=O) groups excluding carboxylic acids is 1. The van der Waals surface area contributed by atoms with Gasteiger partial charge in [-0.3, -0.25) is 4.79 Å². The van der Waals surface area contributed by atoms with E-state index in [4.69, 9.17) is 21.4 Å². The monoisotopic (exact) mass is 344 g/mol. The zero-order chi connectivity index (χ0) is 17.0. The minimum atomic E-state index is -0.899. The van der Waals surface area contributed by atoms with Gasteiger partial charge < -0.3 is 20.1 Å². The Hall–Kier alpha value is -2.02. The lowest BCUT2D eigenvalue weighted by Crippen LogP contribution is -2.42. The number of aliphatic carboxylic acids is 1. The molecule has 0 aromatic heterocycles. The number of ether oxygens (including phenoxy) is 1. The molecule has 2 N–H and O–H groups in total. The molecule has 1 unspecified atom stereocenters. The molecule has 0 bridgehead atoms. The predicted octanol–water partition coefficient (Wildman–Crippen LogP) is 2.36. The average molecular weight is 345 g/mol. The Morgan fingerprint density at radius 1 is 1.52 bits per heavy atom. The maximum Gasteiger partial charge on any atom is 0.317 e. The van der Waals surface area contributed by atoms with Gasteiger partial charge in [-0.2, -0.15) is 0 Å². The lowest BCUT2D eigenvalue weighted by atomic mass is 9.90. The van der Waals surface area contributed by atoms with Crippen LogP contribution in [0.1, 0.15) is 13.3 Å². The number of carboxylic acids is 1. The van der Waals surface area contributed by atoms with Crippen molar-refractivity contribution in [3.8, 4) is 5.75 Å². The van der Waals surface area contributed by atoms with E-state index in [0.29, 0.717) is 18.7 Å². The molecule has 1 heterocycles. The van der Waals surface area contributed by atoms with E-state index in [1.807, 2.05) is 0 Å². The zero-order valence-corrected chi connectivity index (χ0v) is 13.4. The number of halogens is 2. The Bertz CT molecular complexity index is 613. The first-order valence-corrected chi connectivity index (χ1v) is 7.54. The minimum absolute atomic E-state index is 0.0310. The highest BCUT2D eigenvalue weighted by molar-refractivity contribution is 6.30. The SMILES string of the molecule is CC1(C(=O)O)CCN(C(=O)NCCOc2ccc(F)c(Cl)c2)C1. The highest BCUT2D eigenvalue weighted by atomic mass is 35.5. The van der Waals surface area contributed by atoms with E-state index in [1.165, 1.54) is 23.1 Å². The number of nitrogens with one attached hydrogen (secondary N) is 1. The van der Waals surface area contributed by atoms with Gasteiger partial charge in [0.2, 0.25) is 0 Å². The normalized spacial score (nSPS) is 20.4. The van der Waals surface area contributed by atoms with Crippen LogP contribution < -0.4 is 10.1 Å². The van der Waals surface area contributed by atoms with Gasteiger partial charge in [-0.25, -0.2) is 9.18 Å². The fourth-order valence-corrected chi connectivity index (χ4v) is 2.48. The number of carbonyl (C=O) groups is 2. The second kappa shape index (κ2) is 7.04. The van der Waals surface area contributed by atoms with Crippen molar-refractivity contribution in [2.45, 2.75) is 13.3 Å². The molecule has 1 fully saturated rings. The topological polar surface area (TPSA) is 78.9 Å². The fraction of sp³-hybridized carbons (Fsp3) is 0.467. The second-order valence-electron chi connectivity index (χ2n) is 5.69. The second-order valence-corrected chi connectivity index (χ2v) is 6.10. The summed E-state index contributed by atoms with van der Waals surface area (Å²) in [6, 6.07) is 3.68. The van der Waals surface area contributed by atoms with Gasteiger partial charge >= 0.3 is 12.0 Å². The number of nitrogens with zero attached hydrogens (tertiary/aromatic N) is 1. The molecule has 2 amide bonds. The number of likely N-dealkylation sites (tertiary alicyclic amines) is 1. The highest BCUT2D eigenvalue weighted by Crippen LogP contribution is 2.29. The van der Waals surface area contributed by atoms with Crippen LogP contribution in [-0.4, -0.2) is 48.2 Å². The summed E-state index contributed by atoms with van der Waals surface area (Å²) >= 11 is 5.64. The summed E-state index contributed by atoms with van der Waals surface area (Å²) in [5, 5.41) is 11.8. The Kier molecular flexibility index (Phi) is 5.30. The molecule has 1 aliphatic heterocycles. The first-order valence-electron chi connectivity index (χ1n) is 7.16. The van der Waals surface area contributed by atoms with E-state index in [2.05, 4.69) is 5.32 Å². The van der Waals surface area contributed by atoms with Crippen LogP contribution in [0.4, 0.5) is 9.18 Å². The third-order valence-corrected chi connectivity index (χ3v) is 4.10. The molecule has 1 aliphatic rings. The summed E-state index contributed by atoms with van der Waals surface area (Å²) in [6.45, 7) is 2.65. The Labute approximate surface area is 138 Å². The number of carboxylic acid groups (broad SMARTS) is 1. The Morgan fingerprint density at radius 3 is 2.87 bits per heavy atom. The van der Waals surface area contributed by atoms with Crippen LogP contribution >= 0.6 is 11.6 Å². The molecule has 8 heteroatoms.